The van der Waals surface area contributed by atoms with Gasteiger partial charge in [-0.25, -0.2) is 4.98 Å². The van der Waals surface area contributed by atoms with Crippen molar-refractivity contribution in [3.63, 3.8) is 0 Å². The lowest BCUT2D eigenvalue weighted by Gasteiger charge is -2.32. The normalized spacial score (nSPS) is 15.8. The lowest BCUT2D eigenvalue weighted by molar-refractivity contribution is -0.119. The Morgan fingerprint density at radius 2 is 2.19 bits per heavy atom. The molecule has 0 atom stereocenters. The van der Waals surface area contributed by atoms with Crippen LogP contribution in [0.25, 0.3) is 0 Å². The number of piperidine rings is 1. The zero-order chi connectivity index (χ0) is 15.1. The Hall–Kier alpha value is -1.85. The maximum absolute atomic E-state index is 11.0. The van der Waals surface area contributed by atoms with Crippen LogP contribution in [0, 0.1) is 5.92 Å². The first-order valence-corrected chi connectivity index (χ1v) is 7.75. The highest BCUT2D eigenvalue weighted by molar-refractivity contribution is 5.72. The maximum Gasteiger partial charge on any atom is 0.224 e. The van der Waals surface area contributed by atoms with Gasteiger partial charge in [0.05, 0.1) is 0 Å². The quantitative estimate of drug-likeness (QED) is 0.834. The summed E-state index contributed by atoms with van der Waals surface area (Å²) < 4.78 is 0. The van der Waals surface area contributed by atoms with E-state index in [-0.39, 0.29) is 5.91 Å². The van der Waals surface area contributed by atoms with Gasteiger partial charge in [0.15, 0.2) is 0 Å². The molecule has 2 heterocycles. The molecule has 0 saturated carbocycles. The minimum Gasteiger partial charge on any atom is -0.356 e. The number of hydrogen-bond donors (Lipinski definition) is 2. The molecule has 1 aliphatic heterocycles. The highest BCUT2D eigenvalue weighted by Gasteiger charge is 2.20. The summed E-state index contributed by atoms with van der Waals surface area (Å²) >= 11 is 0. The fraction of sp³-hybridized carbons (Fsp3) is 0.667. The van der Waals surface area contributed by atoms with Gasteiger partial charge in [0.25, 0.3) is 0 Å². The van der Waals surface area contributed by atoms with Gasteiger partial charge in [-0.1, -0.05) is 6.92 Å². The maximum atomic E-state index is 11.0. The first-order valence-electron chi connectivity index (χ1n) is 7.75. The van der Waals surface area contributed by atoms with Crippen molar-refractivity contribution < 1.29 is 4.79 Å². The van der Waals surface area contributed by atoms with E-state index in [9.17, 15) is 4.79 Å². The van der Waals surface area contributed by atoms with Gasteiger partial charge in [-0.2, -0.15) is 4.98 Å². The molecule has 6 heteroatoms. The smallest absolute Gasteiger partial charge is 0.224 e. The number of carbonyl (C=O) groups is 1. The zero-order valence-corrected chi connectivity index (χ0v) is 12.9. The molecule has 1 amide bonds. The van der Waals surface area contributed by atoms with E-state index in [1.807, 2.05) is 12.3 Å². The monoisotopic (exact) mass is 291 g/mol. The van der Waals surface area contributed by atoms with Crippen molar-refractivity contribution in [2.24, 2.45) is 5.92 Å². The average molecular weight is 291 g/mol. The topological polar surface area (TPSA) is 70.2 Å². The van der Waals surface area contributed by atoms with Crippen molar-refractivity contribution in [3.8, 4) is 0 Å². The van der Waals surface area contributed by atoms with Crippen molar-refractivity contribution in [3.05, 3.63) is 12.3 Å². The standard InChI is InChI=1S/C15H25N5O/c1-3-7-16-15-17-8-4-14(19-15)20-9-5-13(6-10-20)11-18-12(2)21/h4,8,13H,3,5-7,9-11H2,1-2H3,(H,18,21)(H,16,17,19). The summed E-state index contributed by atoms with van der Waals surface area (Å²) in [5.74, 6) is 2.32. The number of nitrogens with one attached hydrogen (secondary N) is 2. The molecule has 1 aromatic rings. The molecule has 1 aromatic heterocycles. The predicted molar refractivity (Wildman–Crippen MR) is 84.4 cm³/mol. The number of anilines is 2. The van der Waals surface area contributed by atoms with E-state index >= 15 is 0 Å². The lowest BCUT2D eigenvalue weighted by Crippen LogP contribution is -2.38. The number of aromatic nitrogens is 2. The largest absolute Gasteiger partial charge is 0.356 e. The molecule has 2 N–H and O–H groups in total. The molecule has 0 bridgehead atoms. The molecule has 0 spiro atoms. The number of rotatable bonds is 6. The van der Waals surface area contributed by atoms with Crippen LogP contribution in [-0.4, -0.2) is 42.1 Å². The second-order valence-corrected chi connectivity index (χ2v) is 5.53. The van der Waals surface area contributed by atoms with Gasteiger partial charge in [-0.15, -0.1) is 0 Å². The Morgan fingerprint density at radius 1 is 1.43 bits per heavy atom. The van der Waals surface area contributed by atoms with E-state index in [1.165, 1.54) is 0 Å². The Kier molecular flexibility index (Phi) is 5.78. The molecule has 2 rings (SSSR count). The third-order valence-electron chi connectivity index (χ3n) is 3.75. The lowest BCUT2D eigenvalue weighted by atomic mass is 9.97. The molecular weight excluding hydrogens is 266 g/mol. The van der Waals surface area contributed by atoms with E-state index < -0.39 is 0 Å². The average Bonchev–Trinajstić information content (AvgIpc) is 2.51. The van der Waals surface area contributed by atoms with E-state index in [1.54, 1.807) is 6.92 Å². The van der Waals surface area contributed by atoms with E-state index in [0.717, 1.165) is 51.3 Å². The van der Waals surface area contributed by atoms with E-state index in [2.05, 4.69) is 32.4 Å². The summed E-state index contributed by atoms with van der Waals surface area (Å²) in [6.07, 6.45) is 5.04. The Bertz CT molecular complexity index is 457. The van der Waals surface area contributed by atoms with Crippen molar-refractivity contribution in [1.29, 1.82) is 0 Å². The minimum atomic E-state index is 0.0554. The molecule has 0 aliphatic carbocycles. The van der Waals surface area contributed by atoms with Crippen molar-refractivity contribution in [2.75, 3.05) is 36.4 Å². The van der Waals surface area contributed by atoms with Crippen LogP contribution >= 0.6 is 0 Å². The Labute approximate surface area is 126 Å². The van der Waals surface area contributed by atoms with Crippen LogP contribution in [0.4, 0.5) is 11.8 Å². The minimum absolute atomic E-state index is 0.0554. The molecule has 1 aliphatic rings. The predicted octanol–water partition coefficient (Wildman–Crippen LogP) is 1.65. The Morgan fingerprint density at radius 3 is 2.86 bits per heavy atom. The van der Waals surface area contributed by atoms with Crippen LogP contribution in [0.5, 0.6) is 0 Å². The summed E-state index contributed by atoms with van der Waals surface area (Å²) in [5, 5.41) is 6.13. The zero-order valence-electron chi connectivity index (χ0n) is 12.9. The van der Waals surface area contributed by atoms with Gasteiger partial charge >= 0.3 is 0 Å². The summed E-state index contributed by atoms with van der Waals surface area (Å²) in [6, 6.07) is 1.96. The fourth-order valence-corrected chi connectivity index (χ4v) is 2.50. The molecule has 6 nitrogen and oxygen atoms in total. The van der Waals surface area contributed by atoms with Crippen LogP contribution in [0.2, 0.25) is 0 Å². The second kappa shape index (κ2) is 7.81. The van der Waals surface area contributed by atoms with Crippen molar-refractivity contribution >= 4 is 17.7 Å². The molecule has 21 heavy (non-hydrogen) atoms. The van der Waals surface area contributed by atoms with Crippen LogP contribution in [-0.2, 0) is 4.79 Å². The highest BCUT2D eigenvalue weighted by atomic mass is 16.1. The van der Waals surface area contributed by atoms with Gasteiger partial charge in [0.1, 0.15) is 5.82 Å². The molecule has 0 radical (unpaired) electrons. The summed E-state index contributed by atoms with van der Waals surface area (Å²) in [4.78, 5) is 22.1. The van der Waals surface area contributed by atoms with Gasteiger partial charge in [-0.3, -0.25) is 4.79 Å². The first kappa shape index (κ1) is 15.5. The third kappa shape index (κ3) is 4.88. The fourth-order valence-electron chi connectivity index (χ4n) is 2.50. The van der Waals surface area contributed by atoms with Crippen molar-refractivity contribution in [2.45, 2.75) is 33.1 Å². The van der Waals surface area contributed by atoms with E-state index in [0.29, 0.717) is 11.9 Å². The SMILES string of the molecule is CCCNc1nccc(N2CCC(CNC(C)=O)CC2)n1. The number of carbonyl (C=O) groups excluding carboxylic acids is 1. The number of nitrogens with zero attached hydrogens (tertiary/aromatic N) is 3. The third-order valence-corrected chi connectivity index (χ3v) is 3.75. The number of amides is 1. The molecule has 116 valence electrons. The van der Waals surface area contributed by atoms with Crippen molar-refractivity contribution in [1.82, 2.24) is 15.3 Å². The first-order chi connectivity index (χ1) is 10.2. The van der Waals surface area contributed by atoms with E-state index in [4.69, 9.17) is 0 Å². The van der Waals surface area contributed by atoms with Crippen LogP contribution in [0.15, 0.2) is 12.3 Å². The van der Waals surface area contributed by atoms with Gasteiger partial charge in [0, 0.05) is 39.3 Å². The summed E-state index contributed by atoms with van der Waals surface area (Å²) in [7, 11) is 0. The molecule has 1 saturated heterocycles. The van der Waals surface area contributed by atoms with Gasteiger partial charge in [0.2, 0.25) is 11.9 Å². The molecule has 0 aromatic carbocycles. The number of hydrogen-bond acceptors (Lipinski definition) is 5. The molecule has 1 fully saturated rings. The summed E-state index contributed by atoms with van der Waals surface area (Å²) in [5.41, 5.74) is 0. The van der Waals surface area contributed by atoms with Crippen LogP contribution in [0.1, 0.15) is 33.1 Å². The Balaban J connectivity index is 1.85. The molecular formula is C15H25N5O. The van der Waals surface area contributed by atoms with Gasteiger partial charge < -0.3 is 15.5 Å². The highest BCUT2D eigenvalue weighted by Crippen LogP contribution is 2.21. The van der Waals surface area contributed by atoms with Crippen LogP contribution in [0.3, 0.4) is 0 Å². The second-order valence-electron chi connectivity index (χ2n) is 5.53. The molecule has 0 unspecified atom stereocenters. The summed E-state index contributed by atoms with van der Waals surface area (Å²) in [6.45, 7) is 7.33. The van der Waals surface area contributed by atoms with Crippen LogP contribution < -0.4 is 15.5 Å². The van der Waals surface area contributed by atoms with Gasteiger partial charge in [-0.05, 0) is 31.2 Å².